The second kappa shape index (κ2) is 13.4. The van der Waals surface area contributed by atoms with Gasteiger partial charge in [0, 0.05) is 23.3 Å². The molecule has 0 aliphatic heterocycles. The van der Waals surface area contributed by atoms with Crippen molar-refractivity contribution in [3.05, 3.63) is 14.9 Å². The van der Waals surface area contributed by atoms with Crippen molar-refractivity contribution in [2.24, 2.45) is 23.7 Å². The normalized spacial score (nSPS) is 33.2. The van der Waals surface area contributed by atoms with Gasteiger partial charge in [-0.15, -0.1) is 0 Å². The van der Waals surface area contributed by atoms with E-state index < -0.39 is 44.1 Å². The molecule has 0 aromatic rings. The molecule has 184 valence electrons. The molecule has 0 heterocycles. The molecule has 0 spiro atoms. The minimum absolute atomic E-state index is 0. The van der Waals surface area contributed by atoms with E-state index >= 15 is 0 Å². The van der Waals surface area contributed by atoms with Crippen LogP contribution in [0.2, 0.25) is 63.0 Å². The van der Waals surface area contributed by atoms with Crippen molar-refractivity contribution in [2.75, 3.05) is 0 Å². The van der Waals surface area contributed by atoms with Crippen molar-refractivity contribution in [1.82, 2.24) is 0 Å². The Bertz CT molecular complexity index is 521. The third-order valence-electron chi connectivity index (χ3n) is 9.86. The zero-order valence-corrected chi connectivity index (χ0v) is 29.6. The Hall–Kier alpha value is 2.11. The van der Waals surface area contributed by atoms with Crippen molar-refractivity contribution >= 4 is 40.3 Å². The number of halogens is 2. The van der Waals surface area contributed by atoms with Crippen LogP contribution in [0.1, 0.15) is 58.3 Å². The van der Waals surface area contributed by atoms with Crippen LogP contribution in [0.15, 0.2) is 0 Å². The summed E-state index contributed by atoms with van der Waals surface area (Å²) in [6.07, 6.45) is 12.6. The van der Waals surface area contributed by atoms with Crippen LogP contribution >= 0.6 is 17.0 Å². The first-order chi connectivity index (χ1) is 13.3. The Morgan fingerprint density at radius 3 is 1.87 bits per heavy atom. The Labute approximate surface area is 219 Å². The number of hydrogen-bond acceptors (Lipinski definition) is 0. The standard InChI is InChI=1S/C23H48Si3.2CH3.2ClH.Zr/c1-18-10-9-11-22-21(18)14-15-23(22)26(7,8)25(5,6)20-13-12-19(16-20)17-24(2,3)4;;;;;/h18-23H,9-17H2,1-8H3;2*1H3;2*1H;/q;2*-1;;;+4/p-2. The van der Waals surface area contributed by atoms with Gasteiger partial charge in [0.15, 0.2) is 0 Å². The summed E-state index contributed by atoms with van der Waals surface area (Å²) in [4.78, 5) is 0. The van der Waals surface area contributed by atoms with Crippen LogP contribution in [0.5, 0.6) is 0 Å². The molecule has 0 aromatic heterocycles. The first kappa shape index (κ1) is 33.1. The summed E-state index contributed by atoms with van der Waals surface area (Å²) in [5.74, 6) is 4.36. The molecule has 0 amide bonds. The third kappa shape index (κ3) is 8.06. The first-order valence-corrected chi connectivity index (χ1v) is 29.5. The van der Waals surface area contributed by atoms with Gasteiger partial charge in [-0.2, -0.15) is 0 Å². The topological polar surface area (TPSA) is 0 Å². The van der Waals surface area contributed by atoms with Gasteiger partial charge in [0.1, 0.15) is 0 Å². The molecule has 3 aliphatic carbocycles. The van der Waals surface area contributed by atoms with E-state index in [4.69, 9.17) is 17.0 Å². The molecule has 0 aromatic carbocycles. The molecule has 3 rings (SSSR count). The fourth-order valence-electron chi connectivity index (χ4n) is 7.79. The van der Waals surface area contributed by atoms with E-state index in [1.54, 1.807) is 44.6 Å². The van der Waals surface area contributed by atoms with Gasteiger partial charge in [-0.05, 0) is 41.2 Å². The summed E-state index contributed by atoms with van der Waals surface area (Å²) in [5.41, 5.74) is 2.33. The average Bonchev–Trinajstić information content (AvgIpc) is 3.22. The maximum absolute atomic E-state index is 4.93. The summed E-state index contributed by atoms with van der Waals surface area (Å²) in [7, 11) is 6.72. The molecule has 0 nitrogen and oxygen atoms in total. The van der Waals surface area contributed by atoms with Crippen LogP contribution < -0.4 is 0 Å². The van der Waals surface area contributed by atoms with E-state index in [2.05, 4.69) is 52.8 Å². The fourth-order valence-corrected chi connectivity index (χ4v) is 24.0. The van der Waals surface area contributed by atoms with Crippen molar-refractivity contribution in [3.63, 3.8) is 0 Å². The van der Waals surface area contributed by atoms with E-state index in [1.807, 2.05) is 0 Å². The Kier molecular flexibility index (Phi) is 14.3. The fraction of sp³-hybridized carbons (Fsp3) is 0.920. The number of hydrogen-bond donors (Lipinski definition) is 0. The van der Waals surface area contributed by atoms with E-state index in [-0.39, 0.29) is 14.9 Å². The molecule has 3 saturated carbocycles. The van der Waals surface area contributed by atoms with Crippen LogP contribution in [0.4, 0.5) is 0 Å². The van der Waals surface area contributed by atoms with Crippen molar-refractivity contribution in [1.29, 1.82) is 0 Å². The summed E-state index contributed by atoms with van der Waals surface area (Å²) in [6.45, 7) is 21.8. The molecular formula is C25H54Cl2Si3Zr. The minimum atomic E-state index is -1.14. The van der Waals surface area contributed by atoms with Gasteiger partial charge < -0.3 is 14.9 Å². The number of rotatable bonds is 5. The van der Waals surface area contributed by atoms with E-state index in [0.717, 1.165) is 29.2 Å². The molecule has 0 radical (unpaired) electrons. The van der Waals surface area contributed by atoms with E-state index in [9.17, 15) is 0 Å². The van der Waals surface area contributed by atoms with E-state index in [1.165, 1.54) is 18.4 Å². The van der Waals surface area contributed by atoms with Gasteiger partial charge in [0.05, 0.1) is 0 Å². The van der Waals surface area contributed by atoms with Gasteiger partial charge >= 0.3 is 37.9 Å². The van der Waals surface area contributed by atoms with Gasteiger partial charge in [0.25, 0.3) is 0 Å². The Balaban J connectivity index is 0.00000170. The van der Waals surface area contributed by atoms with E-state index in [0.29, 0.717) is 0 Å². The maximum atomic E-state index is 4.93. The van der Waals surface area contributed by atoms with Gasteiger partial charge in [0.2, 0.25) is 0 Å². The van der Waals surface area contributed by atoms with Gasteiger partial charge in [-0.25, -0.2) is 0 Å². The summed E-state index contributed by atoms with van der Waals surface area (Å²) in [6, 6.07) is 1.60. The SMILES string of the molecule is CC1CCCC2C1CCC2[Si](C)(C)[Si](C)(C)C1CCC(C[Si](C)(C)C)C1.[CH3-].[CH3-].[Cl][Zr+2][Cl]. The molecule has 0 saturated heterocycles. The summed E-state index contributed by atoms with van der Waals surface area (Å²) in [5, 5.41) is 0. The predicted molar refractivity (Wildman–Crippen MR) is 152 cm³/mol. The Morgan fingerprint density at radius 2 is 1.32 bits per heavy atom. The van der Waals surface area contributed by atoms with Crippen LogP contribution in [0.3, 0.4) is 0 Å². The van der Waals surface area contributed by atoms with Gasteiger partial charge in [-0.3, -0.25) is 0 Å². The van der Waals surface area contributed by atoms with Crippen LogP contribution in [0.25, 0.3) is 0 Å². The molecule has 0 N–H and O–H groups in total. The molecule has 3 fully saturated rings. The molecule has 6 unspecified atom stereocenters. The quantitative estimate of drug-likeness (QED) is 0.217. The van der Waals surface area contributed by atoms with Crippen molar-refractivity contribution in [3.8, 4) is 0 Å². The average molecular weight is 601 g/mol. The van der Waals surface area contributed by atoms with Gasteiger partial charge in [-0.1, -0.05) is 104 Å². The molecule has 0 bridgehead atoms. The second-order valence-electron chi connectivity index (χ2n) is 13.1. The molecule has 31 heavy (non-hydrogen) atoms. The predicted octanol–water partition coefficient (Wildman–Crippen LogP) is 10.5. The zero-order valence-electron chi connectivity index (χ0n) is 22.6. The first-order valence-electron chi connectivity index (χ1n) is 12.3. The summed E-state index contributed by atoms with van der Waals surface area (Å²) >= 11 is -0.826. The van der Waals surface area contributed by atoms with Crippen LogP contribution in [-0.2, 0) is 20.8 Å². The monoisotopic (exact) mass is 598 g/mol. The molecule has 3 aliphatic rings. The molecule has 6 atom stereocenters. The van der Waals surface area contributed by atoms with Crippen LogP contribution in [0, 0.1) is 38.5 Å². The zero-order chi connectivity index (χ0) is 22.0. The molecular weight excluding hydrogens is 547 g/mol. The van der Waals surface area contributed by atoms with Crippen molar-refractivity contribution in [2.45, 2.75) is 121 Å². The van der Waals surface area contributed by atoms with Crippen LogP contribution in [-0.4, -0.2) is 23.3 Å². The van der Waals surface area contributed by atoms with Crippen molar-refractivity contribution < 1.29 is 20.8 Å². The number of fused-ring (bicyclic) bond motifs is 1. The second-order valence-corrected chi connectivity index (χ2v) is 38.5. The Morgan fingerprint density at radius 1 is 0.742 bits per heavy atom. The summed E-state index contributed by atoms with van der Waals surface area (Å²) < 4.78 is 0. The third-order valence-corrected chi connectivity index (χ3v) is 32.4. The molecule has 6 heteroatoms.